The van der Waals surface area contributed by atoms with Crippen molar-refractivity contribution in [3.8, 4) is 11.5 Å². The van der Waals surface area contributed by atoms with Gasteiger partial charge in [0.15, 0.2) is 0 Å². The topological polar surface area (TPSA) is 537 Å². The van der Waals surface area contributed by atoms with Crippen LogP contribution in [0.3, 0.4) is 0 Å². The number of fused-ring (bicyclic) bond motifs is 2. The Morgan fingerprint density at radius 3 is 1.11 bits per heavy atom. The number of hydrogen-bond donors (Lipinski definition) is 6. The minimum absolute atomic E-state index is 0. The Hall–Kier alpha value is -3.76. The van der Waals surface area contributed by atoms with Crippen molar-refractivity contribution in [3.05, 3.63) is 153 Å². The van der Waals surface area contributed by atoms with Gasteiger partial charge in [0.2, 0.25) is 33.0 Å². The summed E-state index contributed by atoms with van der Waals surface area (Å²) in [7, 11) is -21.4. The van der Waals surface area contributed by atoms with Crippen molar-refractivity contribution in [2.45, 2.75) is 19.6 Å². The van der Waals surface area contributed by atoms with Crippen molar-refractivity contribution in [1.29, 1.82) is 0 Å². The molecule has 0 radical (unpaired) electrons. The second-order valence-corrected chi connectivity index (χ2v) is 23.0. The monoisotopic (exact) mass is 1400 g/mol. The molecule has 44 heteroatoms. The summed E-state index contributed by atoms with van der Waals surface area (Å²) in [4.78, 5) is 53.5. The van der Waals surface area contributed by atoms with Crippen LogP contribution in [0.5, 0.6) is 11.5 Å². The van der Waals surface area contributed by atoms with Gasteiger partial charge in [0, 0.05) is 10.8 Å². The molecule has 32 nitrogen and oxygen atoms in total. The van der Waals surface area contributed by atoms with Crippen LogP contribution in [0.2, 0.25) is 10.6 Å². The van der Waals surface area contributed by atoms with Crippen molar-refractivity contribution in [1.82, 2.24) is 29.9 Å². The van der Waals surface area contributed by atoms with Crippen molar-refractivity contribution in [3.63, 3.8) is 0 Å². The standard InChI is InChI=1S/C46H30Cl2N14O18S4.6Na/c47-41-53-43(57-45(55-41)51-29-17-27(81(69,70)71)12-21-14-31(83(75,76)77)35(37(63)33(21)29)61-59-23-8-4-19(5-9-23)39(65)66)49-25-2-1-3-26(16-25)50-44-54-42(48)56-46(58-44)52-30-18-28(82(72,73)74)13-22-15-32(84(78,79)80)36(38(64)34(22)30)62-60-24-10-6-20(7-11-24)40(67)68;;;;;;/h1-18,63-64H,(H,65,66)(H,67,68)(H,69,70,71)(H,72,73,74)(H,75,76,77)(H,78,79,80)(H2,49,51,53,55,57)(H2,50,52,54,56,58);;;;;;/q;6*+1/p-6. The van der Waals surface area contributed by atoms with Gasteiger partial charge in [0.1, 0.15) is 30.0 Å². The molecule has 0 aliphatic heterocycles. The predicted molar refractivity (Wildman–Crippen MR) is 275 cm³/mol. The molecule has 0 fully saturated rings. The van der Waals surface area contributed by atoms with Gasteiger partial charge in [-0.15, -0.1) is 10.2 Å². The molecule has 9 rings (SSSR count). The van der Waals surface area contributed by atoms with Crippen LogP contribution in [-0.4, -0.2) is 93.7 Å². The number of carboxylic acid groups (broad SMARTS) is 2. The molecule has 0 bridgehead atoms. The Morgan fingerprint density at radius 1 is 0.456 bits per heavy atom. The summed E-state index contributed by atoms with van der Waals surface area (Å²) < 4.78 is 144. The maximum Gasteiger partial charge on any atom is 1.00 e. The van der Waals surface area contributed by atoms with Crippen LogP contribution in [0.25, 0.3) is 21.5 Å². The number of rotatable bonds is 14. The molecule has 7 aromatic carbocycles. The quantitative estimate of drug-likeness (QED) is 0.0334. The van der Waals surface area contributed by atoms with Gasteiger partial charge >= 0.3 is 177 Å². The summed E-state index contributed by atoms with van der Waals surface area (Å²) in [6, 6.07) is 18.2. The molecular weight excluding hydrogens is 1370 g/mol. The third kappa shape index (κ3) is 19.7. The van der Waals surface area contributed by atoms with Crippen LogP contribution >= 0.6 is 23.2 Å². The first kappa shape index (κ1) is 80.5. The van der Waals surface area contributed by atoms with Crippen molar-refractivity contribution >= 4 is 143 Å². The number of halogens is 2. The van der Waals surface area contributed by atoms with E-state index < -0.39 is 150 Å². The van der Waals surface area contributed by atoms with E-state index in [9.17, 15) is 81.9 Å². The van der Waals surface area contributed by atoms with E-state index in [1.165, 1.54) is 24.3 Å². The molecule has 0 atom stereocenters. The summed E-state index contributed by atoms with van der Waals surface area (Å²) in [5.41, 5.74) is -5.49. The molecule has 2 aromatic heterocycles. The fraction of sp³-hybridized carbons (Fsp3) is 0. The minimum Gasteiger partial charge on any atom is -0.870 e. The number of benzene rings is 7. The van der Waals surface area contributed by atoms with Crippen LogP contribution < -0.4 is 220 Å². The van der Waals surface area contributed by atoms with E-state index >= 15 is 0 Å². The number of aromatic nitrogens is 6. The van der Waals surface area contributed by atoms with Crippen LogP contribution in [0.1, 0.15) is 20.7 Å². The fourth-order valence-electron chi connectivity index (χ4n) is 7.54. The zero-order valence-electron chi connectivity index (χ0n) is 46.7. The second kappa shape index (κ2) is 32.6. The maximum absolute atomic E-state index is 14.1. The zero-order chi connectivity index (χ0) is 60.8. The van der Waals surface area contributed by atoms with E-state index in [0.717, 1.165) is 48.5 Å². The van der Waals surface area contributed by atoms with Crippen molar-refractivity contribution in [2.75, 3.05) is 0 Å². The molecule has 430 valence electrons. The molecule has 0 saturated heterocycles. The van der Waals surface area contributed by atoms with Gasteiger partial charge < -0.3 is 49.1 Å². The van der Waals surface area contributed by atoms with E-state index in [0.29, 0.717) is 36.4 Å². The van der Waals surface area contributed by atoms with E-state index in [2.05, 4.69) is 70.3 Å². The molecule has 0 unspecified atom stereocenters. The molecule has 0 amide bonds. The number of nitrogens with one attached hydrogen (secondary N) is 4. The second-order valence-electron chi connectivity index (χ2n) is 16.7. The molecule has 90 heavy (non-hydrogen) atoms. The molecule has 0 aliphatic rings. The SMILES string of the molecule is O=C([O-])c1ccc(N=Nc2c(S(=O)(=O)O)cc3cc(S(=O)(=O)[O-])cc(N=c4[nH]c(Cl)nc(=Nc5cccc(N=c6nc(Cl)[nH]c(=Nc7cc(S(=O)(=O)[O-])cc8cc(S(=O)(=O)O)c(N=Nc9ccc(C(=O)[O-])cc9)c([O-])c78)[nH]6)c5)[nH]4)c3c2[O-])cc1.[Na+].[Na+].[Na+].[Na+].[Na+].[Na+]. The molecule has 0 aliphatic carbocycles. The predicted octanol–water partition coefficient (Wildman–Crippen LogP) is -15.6. The number of carbonyl (C=O) groups excluding carboxylic acids is 2. The smallest absolute Gasteiger partial charge is 0.870 e. The van der Waals surface area contributed by atoms with Gasteiger partial charge in [-0.3, -0.25) is 19.1 Å². The van der Waals surface area contributed by atoms with Gasteiger partial charge in [-0.1, -0.05) is 41.8 Å². The first-order valence-electron chi connectivity index (χ1n) is 22.4. The van der Waals surface area contributed by atoms with Gasteiger partial charge in [-0.2, -0.15) is 37.0 Å². The van der Waals surface area contributed by atoms with Crippen LogP contribution in [-0.2, 0) is 40.5 Å². The number of nitrogens with zero attached hydrogens (tertiary/aromatic N) is 10. The van der Waals surface area contributed by atoms with E-state index in [1.54, 1.807) is 0 Å². The Labute approximate surface area is 647 Å². The maximum atomic E-state index is 14.1. The first-order chi connectivity index (χ1) is 39.4. The Balaban J connectivity index is 0.00000353. The summed E-state index contributed by atoms with van der Waals surface area (Å²) >= 11 is 12.6. The molecule has 0 saturated carbocycles. The van der Waals surface area contributed by atoms with Gasteiger partial charge in [0.05, 0.1) is 67.2 Å². The number of hydrogen-bond acceptors (Lipinski definition) is 26. The van der Waals surface area contributed by atoms with Crippen molar-refractivity contribution in [2.24, 2.45) is 40.4 Å². The Bertz CT molecular complexity index is 4870. The van der Waals surface area contributed by atoms with E-state index in [1.807, 2.05) is 0 Å². The number of carboxylic acids is 2. The normalized spacial score (nSPS) is 12.6. The Kier molecular flexibility index (Phi) is 29.1. The Morgan fingerprint density at radius 2 is 0.800 bits per heavy atom. The zero-order valence-corrected chi connectivity index (χ0v) is 63.5. The summed E-state index contributed by atoms with van der Waals surface area (Å²) in [5.74, 6) is -5.71. The number of aromatic carboxylic acids is 2. The van der Waals surface area contributed by atoms with Gasteiger partial charge in [0.25, 0.3) is 20.2 Å². The third-order valence-electron chi connectivity index (χ3n) is 11.1. The van der Waals surface area contributed by atoms with Gasteiger partial charge in [-0.25, -0.2) is 36.8 Å². The molecule has 9 aromatic rings. The molecular formula is C46H24Cl2N14Na6O18S4. The van der Waals surface area contributed by atoms with E-state index in [4.69, 9.17) is 23.2 Å². The molecule has 2 heterocycles. The summed E-state index contributed by atoms with van der Waals surface area (Å²) in [6.07, 6.45) is 0. The van der Waals surface area contributed by atoms with Crippen LogP contribution in [0.4, 0.5) is 45.5 Å². The van der Waals surface area contributed by atoms with E-state index in [-0.39, 0.29) is 222 Å². The summed E-state index contributed by atoms with van der Waals surface area (Å²) in [6.45, 7) is 0. The average molecular weight is 1400 g/mol. The molecule has 6 N–H and O–H groups in total. The van der Waals surface area contributed by atoms with Crippen LogP contribution in [0.15, 0.2) is 169 Å². The van der Waals surface area contributed by atoms with Gasteiger partial charge in [-0.05, 0) is 124 Å². The number of azo groups is 2. The fourth-order valence-corrected chi connectivity index (χ4v) is 10.2. The third-order valence-corrected chi connectivity index (χ3v) is 14.8. The first-order valence-corrected chi connectivity index (χ1v) is 28.8. The minimum atomic E-state index is -5.38. The number of carbonyl (C=O) groups is 2. The number of aromatic amines is 4. The number of H-pyrrole nitrogens is 4. The average Bonchev–Trinajstić information content (AvgIpc) is 0.797. The largest absolute Gasteiger partial charge is 1.00 e. The summed E-state index contributed by atoms with van der Waals surface area (Å²) in [5, 5.41) is 62.4. The van der Waals surface area contributed by atoms with Crippen molar-refractivity contribution < 1.29 is 259 Å². The molecule has 0 spiro atoms. The van der Waals surface area contributed by atoms with Crippen LogP contribution in [0, 0.1) is 0 Å².